The highest BCUT2D eigenvalue weighted by Gasteiger charge is 2.23. The van der Waals surface area contributed by atoms with Gasteiger partial charge in [-0.15, -0.1) is 0 Å². The lowest BCUT2D eigenvalue weighted by Gasteiger charge is -2.13. The molecule has 1 N–H and O–H groups in total. The van der Waals surface area contributed by atoms with Crippen molar-refractivity contribution < 1.29 is 23.9 Å². The molecule has 0 aromatic carbocycles. The van der Waals surface area contributed by atoms with E-state index in [0.717, 1.165) is 17.7 Å². The topological polar surface area (TPSA) is 92.8 Å². The number of hydrogen-bond donors (Lipinski definition) is 1. The zero-order valence-electron chi connectivity index (χ0n) is 13.5. The van der Waals surface area contributed by atoms with Crippen molar-refractivity contribution in [3.8, 4) is 0 Å². The average molecular weight is 324 g/mol. The molecule has 1 aliphatic heterocycles. The van der Waals surface area contributed by atoms with Crippen LogP contribution in [0.4, 0.5) is 0 Å². The predicted octanol–water partition coefficient (Wildman–Crippen LogP) is 0.584. The second-order valence-electron chi connectivity index (χ2n) is 5.27. The molecule has 3 amide bonds. The maximum atomic E-state index is 11.6. The Bertz CT molecular complexity index is 455. The molecule has 128 valence electrons. The number of carbonyl (C=O) groups is 4. The predicted molar refractivity (Wildman–Crippen MR) is 83.5 cm³/mol. The molecule has 1 heterocycles. The number of imide groups is 1. The molecule has 0 fully saturated rings. The minimum atomic E-state index is -0.390. The number of ether oxygens (including phenoxy) is 1. The second-order valence-corrected chi connectivity index (χ2v) is 5.27. The van der Waals surface area contributed by atoms with Crippen LogP contribution in [-0.4, -0.2) is 54.7 Å². The Balaban J connectivity index is 1.99. The lowest BCUT2D eigenvalue weighted by molar-refractivity contribution is -0.137. The van der Waals surface area contributed by atoms with Crippen LogP contribution in [-0.2, 0) is 23.9 Å². The van der Waals surface area contributed by atoms with Crippen molar-refractivity contribution in [1.29, 1.82) is 0 Å². The number of amides is 3. The van der Waals surface area contributed by atoms with E-state index in [1.807, 2.05) is 6.92 Å². The van der Waals surface area contributed by atoms with Gasteiger partial charge in [-0.05, 0) is 6.42 Å². The quantitative estimate of drug-likeness (QED) is 0.419. The zero-order valence-corrected chi connectivity index (χ0v) is 13.5. The fourth-order valence-electron chi connectivity index (χ4n) is 2.00. The first-order valence-corrected chi connectivity index (χ1v) is 7.94. The monoisotopic (exact) mass is 324 g/mol. The van der Waals surface area contributed by atoms with E-state index in [4.69, 9.17) is 4.74 Å². The molecule has 0 atom stereocenters. The number of rotatable bonds is 12. The van der Waals surface area contributed by atoms with E-state index >= 15 is 0 Å². The van der Waals surface area contributed by atoms with E-state index in [1.165, 1.54) is 12.2 Å². The summed E-state index contributed by atoms with van der Waals surface area (Å²) in [5, 5.41) is 2.64. The summed E-state index contributed by atoms with van der Waals surface area (Å²) in [6.07, 6.45) is 5.36. The van der Waals surface area contributed by atoms with Crippen LogP contribution in [0.1, 0.15) is 39.0 Å². The molecule has 0 aliphatic carbocycles. The smallest absolute Gasteiger partial charge is 0.253 e. The standard InChI is InChI=1S/C16H24N2O5/c1-2-3-4-13(19)8-11-23-12-9-17-14(20)7-10-18-15(21)5-6-16(18)22/h5-6H,2-4,7-12H2,1H3,(H,17,20). The van der Waals surface area contributed by atoms with Crippen LogP contribution in [0, 0.1) is 0 Å². The molecule has 0 radical (unpaired) electrons. The van der Waals surface area contributed by atoms with Crippen molar-refractivity contribution in [2.45, 2.75) is 39.0 Å². The molecular formula is C16H24N2O5. The maximum absolute atomic E-state index is 11.6. The number of nitrogens with zero attached hydrogens (tertiary/aromatic N) is 1. The first kappa shape index (κ1) is 19.0. The molecule has 7 heteroatoms. The van der Waals surface area contributed by atoms with Crippen molar-refractivity contribution in [1.82, 2.24) is 10.2 Å². The minimum Gasteiger partial charge on any atom is -0.379 e. The number of hydrogen-bond acceptors (Lipinski definition) is 5. The molecule has 1 aliphatic rings. The average Bonchev–Trinajstić information content (AvgIpc) is 2.85. The third-order valence-corrected chi connectivity index (χ3v) is 3.37. The van der Waals surface area contributed by atoms with Gasteiger partial charge in [-0.3, -0.25) is 24.1 Å². The molecule has 0 saturated carbocycles. The van der Waals surface area contributed by atoms with Crippen LogP contribution in [0.15, 0.2) is 12.2 Å². The highest BCUT2D eigenvalue weighted by Crippen LogP contribution is 2.04. The Labute approximate surface area is 136 Å². The van der Waals surface area contributed by atoms with E-state index in [9.17, 15) is 19.2 Å². The summed E-state index contributed by atoms with van der Waals surface area (Å²) in [5.74, 6) is -0.831. The van der Waals surface area contributed by atoms with Crippen molar-refractivity contribution in [2.75, 3.05) is 26.3 Å². The van der Waals surface area contributed by atoms with Crippen molar-refractivity contribution in [3.63, 3.8) is 0 Å². The molecule has 0 aromatic heterocycles. The molecule has 0 bridgehead atoms. The normalized spacial score (nSPS) is 13.7. The van der Waals surface area contributed by atoms with Crippen LogP contribution in [0.3, 0.4) is 0 Å². The Hall–Kier alpha value is -2.02. The number of carbonyl (C=O) groups excluding carboxylic acids is 4. The Morgan fingerprint density at radius 2 is 1.78 bits per heavy atom. The van der Waals surface area contributed by atoms with E-state index in [1.54, 1.807) is 0 Å². The van der Waals surface area contributed by atoms with Gasteiger partial charge < -0.3 is 10.1 Å². The Kier molecular flexibility index (Phi) is 8.82. The second kappa shape index (κ2) is 10.7. The summed E-state index contributed by atoms with van der Waals surface area (Å²) in [6.45, 7) is 3.14. The molecule has 1 rings (SSSR count). The fourth-order valence-corrected chi connectivity index (χ4v) is 2.00. The van der Waals surface area contributed by atoms with E-state index < -0.39 is 0 Å². The lowest BCUT2D eigenvalue weighted by Crippen LogP contribution is -2.35. The molecule has 23 heavy (non-hydrogen) atoms. The number of Topliss-reactive ketones (excluding diaryl/α,β-unsaturated/α-hetero) is 1. The molecule has 0 saturated heterocycles. The number of nitrogens with one attached hydrogen (secondary N) is 1. The number of ketones is 1. The van der Waals surface area contributed by atoms with Gasteiger partial charge >= 0.3 is 0 Å². The Morgan fingerprint density at radius 1 is 1.09 bits per heavy atom. The van der Waals surface area contributed by atoms with Crippen LogP contribution in [0.25, 0.3) is 0 Å². The minimum absolute atomic E-state index is 0.0642. The van der Waals surface area contributed by atoms with Crippen LogP contribution in [0.5, 0.6) is 0 Å². The summed E-state index contributed by atoms with van der Waals surface area (Å²) < 4.78 is 5.28. The highest BCUT2D eigenvalue weighted by atomic mass is 16.5. The molecule has 0 aromatic rings. The van der Waals surface area contributed by atoms with Gasteiger partial charge in [0.2, 0.25) is 5.91 Å². The summed E-state index contributed by atoms with van der Waals surface area (Å²) in [5.41, 5.74) is 0. The largest absolute Gasteiger partial charge is 0.379 e. The van der Waals surface area contributed by atoms with Crippen molar-refractivity contribution in [2.24, 2.45) is 0 Å². The van der Waals surface area contributed by atoms with Gasteiger partial charge in [-0.25, -0.2) is 0 Å². The highest BCUT2D eigenvalue weighted by molar-refractivity contribution is 6.13. The van der Waals surface area contributed by atoms with Crippen molar-refractivity contribution >= 4 is 23.5 Å². The zero-order chi connectivity index (χ0) is 17.1. The molecule has 0 spiro atoms. The van der Waals surface area contributed by atoms with Gasteiger partial charge in [0.25, 0.3) is 11.8 Å². The van der Waals surface area contributed by atoms with E-state index in [-0.39, 0.29) is 36.5 Å². The summed E-state index contributed by atoms with van der Waals surface area (Å²) >= 11 is 0. The molecule has 0 unspecified atom stereocenters. The van der Waals surface area contributed by atoms with Crippen LogP contribution >= 0.6 is 0 Å². The number of unbranched alkanes of at least 4 members (excludes halogenated alkanes) is 1. The first-order chi connectivity index (χ1) is 11.0. The third-order valence-electron chi connectivity index (χ3n) is 3.37. The summed E-state index contributed by atoms with van der Waals surface area (Å²) in [7, 11) is 0. The Morgan fingerprint density at radius 3 is 2.43 bits per heavy atom. The van der Waals surface area contributed by atoms with Gasteiger partial charge in [-0.2, -0.15) is 0 Å². The summed E-state index contributed by atoms with van der Waals surface area (Å²) in [4.78, 5) is 46.6. The maximum Gasteiger partial charge on any atom is 0.253 e. The fraction of sp³-hybridized carbons (Fsp3) is 0.625. The molecular weight excluding hydrogens is 300 g/mol. The van der Waals surface area contributed by atoms with Gasteiger partial charge in [-0.1, -0.05) is 13.3 Å². The summed E-state index contributed by atoms with van der Waals surface area (Å²) in [6, 6.07) is 0. The van der Waals surface area contributed by atoms with Crippen LogP contribution in [0.2, 0.25) is 0 Å². The van der Waals surface area contributed by atoms with Gasteiger partial charge in [0.15, 0.2) is 0 Å². The lowest BCUT2D eigenvalue weighted by atomic mass is 10.1. The first-order valence-electron chi connectivity index (χ1n) is 7.94. The van der Waals surface area contributed by atoms with Gasteiger partial charge in [0.1, 0.15) is 5.78 Å². The molecule has 7 nitrogen and oxygen atoms in total. The van der Waals surface area contributed by atoms with Gasteiger partial charge in [0.05, 0.1) is 13.2 Å². The SMILES string of the molecule is CCCCC(=O)CCOCCNC(=O)CCN1C(=O)C=CC1=O. The van der Waals surface area contributed by atoms with Gasteiger partial charge in [0, 0.05) is 44.5 Å². The van der Waals surface area contributed by atoms with Crippen LogP contribution < -0.4 is 5.32 Å². The third kappa shape index (κ3) is 7.69. The van der Waals surface area contributed by atoms with E-state index in [2.05, 4.69) is 5.32 Å². The van der Waals surface area contributed by atoms with E-state index in [0.29, 0.717) is 32.6 Å². The van der Waals surface area contributed by atoms with Crippen molar-refractivity contribution in [3.05, 3.63) is 12.2 Å².